The number of rotatable bonds is 3. The van der Waals surface area contributed by atoms with Gasteiger partial charge in [-0.1, -0.05) is 0 Å². The average Bonchev–Trinajstić information content (AvgIpc) is 2.26. The molecule has 1 rings (SSSR count). The molecule has 0 atom stereocenters. The van der Waals surface area contributed by atoms with E-state index in [0.717, 1.165) is 0 Å². The van der Waals surface area contributed by atoms with Gasteiger partial charge in [-0.25, -0.2) is 0 Å². The van der Waals surface area contributed by atoms with Crippen LogP contribution in [0.3, 0.4) is 0 Å². The van der Waals surface area contributed by atoms with Crippen LogP contribution >= 0.6 is 0 Å². The highest BCUT2D eigenvalue weighted by atomic mass is 16.5. The van der Waals surface area contributed by atoms with Gasteiger partial charge in [-0.15, -0.1) is 0 Å². The Bertz CT molecular complexity index is 346. The third-order valence-corrected chi connectivity index (χ3v) is 1.64. The molecule has 14 heavy (non-hydrogen) atoms. The molecule has 0 saturated heterocycles. The van der Waals surface area contributed by atoms with Crippen molar-refractivity contribution in [2.24, 2.45) is 0 Å². The van der Waals surface area contributed by atoms with E-state index >= 15 is 0 Å². The molecule has 0 aliphatic rings. The fourth-order valence-corrected chi connectivity index (χ4v) is 1.02. The van der Waals surface area contributed by atoms with E-state index in [4.69, 9.17) is 19.5 Å². The van der Waals surface area contributed by atoms with E-state index in [1.54, 1.807) is 0 Å². The molecule has 5 nitrogen and oxygen atoms in total. The van der Waals surface area contributed by atoms with Crippen LogP contribution in [0.5, 0.6) is 17.4 Å². The van der Waals surface area contributed by atoms with Crippen molar-refractivity contribution in [2.75, 3.05) is 21.3 Å². The van der Waals surface area contributed by atoms with Gasteiger partial charge in [0.2, 0.25) is 5.75 Å². The van der Waals surface area contributed by atoms with Crippen LogP contribution in [-0.4, -0.2) is 26.3 Å². The van der Waals surface area contributed by atoms with E-state index in [2.05, 4.69) is 4.98 Å². The fourth-order valence-electron chi connectivity index (χ4n) is 1.02. The van der Waals surface area contributed by atoms with E-state index in [1.807, 2.05) is 6.07 Å². The minimum absolute atomic E-state index is 0.222. The molecule has 0 spiro atoms. The van der Waals surface area contributed by atoms with Crippen LogP contribution < -0.4 is 14.2 Å². The number of ether oxygens (including phenoxy) is 3. The Hall–Kier alpha value is -1.96. The van der Waals surface area contributed by atoms with Crippen molar-refractivity contribution >= 4 is 0 Å². The molecule has 5 heteroatoms. The molecule has 74 valence electrons. The van der Waals surface area contributed by atoms with Crippen molar-refractivity contribution in [3.8, 4) is 23.4 Å². The van der Waals surface area contributed by atoms with Gasteiger partial charge in [0.15, 0.2) is 5.75 Å². The van der Waals surface area contributed by atoms with Crippen LogP contribution in [0.1, 0.15) is 5.69 Å². The van der Waals surface area contributed by atoms with Gasteiger partial charge in [-0.3, -0.25) is 0 Å². The third kappa shape index (κ3) is 1.69. The number of methoxy groups -OCH3 is 3. The highest BCUT2D eigenvalue weighted by molar-refractivity contribution is 5.50. The van der Waals surface area contributed by atoms with Gasteiger partial charge in [-0.2, -0.15) is 10.2 Å². The average molecular weight is 194 g/mol. The minimum atomic E-state index is 0.222. The molecule has 0 bridgehead atoms. The largest absolute Gasteiger partial charge is 0.493 e. The predicted octanol–water partition coefficient (Wildman–Crippen LogP) is 0.979. The van der Waals surface area contributed by atoms with Crippen molar-refractivity contribution in [2.45, 2.75) is 0 Å². The van der Waals surface area contributed by atoms with Crippen molar-refractivity contribution in [1.82, 2.24) is 4.98 Å². The highest BCUT2D eigenvalue weighted by Gasteiger charge is 2.14. The lowest BCUT2D eigenvalue weighted by molar-refractivity contribution is 0.315. The summed E-state index contributed by atoms with van der Waals surface area (Å²) in [6, 6.07) is 3.39. The summed E-state index contributed by atoms with van der Waals surface area (Å²) in [6.07, 6.45) is 0. The van der Waals surface area contributed by atoms with Gasteiger partial charge in [0.05, 0.1) is 21.3 Å². The first kappa shape index (κ1) is 10.1. The number of nitriles is 1. The smallest absolute Gasteiger partial charge is 0.262 e. The predicted molar refractivity (Wildman–Crippen MR) is 48.6 cm³/mol. The Balaban J connectivity index is 3.33. The molecule has 0 N–H and O–H groups in total. The molecule has 0 fully saturated rings. The lowest BCUT2D eigenvalue weighted by Crippen LogP contribution is -1.98. The first-order valence-electron chi connectivity index (χ1n) is 3.84. The maximum atomic E-state index is 8.68. The molecule has 0 radical (unpaired) electrons. The zero-order valence-electron chi connectivity index (χ0n) is 8.20. The molecule has 0 saturated carbocycles. The van der Waals surface area contributed by atoms with Gasteiger partial charge in [0, 0.05) is 6.07 Å². The van der Waals surface area contributed by atoms with Crippen LogP contribution in [0.15, 0.2) is 6.07 Å². The molecule has 1 aromatic heterocycles. The van der Waals surface area contributed by atoms with Gasteiger partial charge < -0.3 is 14.2 Å². The quantitative estimate of drug-likeness (QED) is 0.717. The van der Waals surface area contributed by atoms with E-state index in [9.17, 15) is 0 Å². The first-order valence-corrected chi connectivity index (χ1v) is 3.84. The molecule has 1 aromatic rings. The molecule has 0 aromatic carbocycles. The Labute approximate surface area is 81.8 Å². The van der Waals surface area contributed by atoms with Crippen molar-refractivity contribution in [3.05, 3.63) is 11.8 Å². The van der Waals surface area contributed by atoms with Gasteiger partial charge in [0.25, 0.3) is 5.88 Å². The third-order valence-electron chi connectivity index (χ3n) is 1.64. The van der Waals surface area contributed by atoms with Gasteiger partial charge in [-0.05, 0) is 0 Å². The molecule has 1 heterocycles. The summed E-state index contributed by atoms with van der Waals surface area (Å²) < 4.78 is 15.0. The van der Waals surface area contributed by atoms with Crippen LogP contribution in [0.4, 0.5) is 0 Å². The summed E-state index contributed by atoms with van der Waals surface area (Å²) in [5, 5.41) is 8.68. The summed E-state index contributed by atoms with van der Waals surface area (Å²) in [5.74, 6) is 1.05. The molecule has 0 aliphatic carbocycles. The molecule has 0 aliphatic heterocycles. The second-order valence-corrected chi connectivity index (χ2v) is 2.36. The topological polar surface area (TPSA) is 64.4 Å². The van der Waals surface area contributed by atoms with Crippen LogP contribution in [0.25, 0.3) is 0 Å². The fraction of sp³-hybridized carbons (Fsp3) is 0.333. The highest BCUT2D eigenvalue weighted by Crippen LogP contribution is 2.35. The van der Waals surface area contributed by atoms with E-state index in [0.29, 0.717) is 11.5 Å². The Morgan fingerprint density at radius 2 is 1.93 bits per heavy atom. The normalized spacial score (nSPS) is 9.00. The standard InChI is InChI=1S/C9H10N2O3/c1-12-7-4-6(5-10)11-9(14-3)8(7)13-2/h4H,1-3H3. The summed E-state index contributed by atoms with van der Waals surface area (Å²) in [5.41, 5.74) is 0.222. The molecule has 0 amide bonds. The summed E-state index contributed by atoms with van der Waals surface area (Å²) in [6.45, 7) is 0. The Morgan fingerprint density at radius 3 is 2.36 bits per heavy atom. The second kappa shape index (κ2) is 4.33. The van der Waals surface area contributed by atoms with E-state index in [-0.39, 0.29) is 11.6 Å². The van der Waals surface area contributed by atoms with Crippen molar-refractivity contribution in [1.29, 1.82) is 5.26 Å². The van der Waals surface area contributed by atoms with Crippen LogP contribution in [0.2, 0.25) is 0 Å². The number of hydrogen-bond donors (Lipinski definition) is 0. The lowest BCUT2D eigenvalue weighted by atomic mass is 10.3. The maximum Gasteiger partial charge on any atom is 0.262 e. The SMILES string of the molecule is COc1cc(C#N)nc(OC)c1OC. The Kier molecular flexibility index (Phi) is 3.13. The zero-order chi connectivity index (χ0) is 10.6. The van der Waals surface area contributed by atoms with E-state index in [1.165, 1.54) is 27.4 Å². The summed E-state index contributed by atoms with van der Waals surface area (Å²) in [7, 11) is 4.41. The molecular weight excluding hydrogens is 184 g/mol. The van der Waals surface area contributed by atoms with Gasteiger partial charge >= 0.3 is 0 Å². The van der Waals surface area contributed by atoms with Gasteiger partial charge in [0.1, 0.15) is 11.8 Å². The number of aromatic nitrogens is 1. The van der Waals surface area contributed by atoms with E-state index < -0.39 is 0 Å². The monoisotopic (exact) mass is 194 g/mol. The van der Waals surface area contributed by atoms with Crippen molar-refractivity contribution in [3.63, 3.8) is 0 Å². The summed E-state index contributed by atoms with van der Waals surface area (Å²) >= 11 is 0. The molecule has 0 unspecified atom stereocenters. The first-order chi connectivity index (χ1) is 6.76. The van der Waals surface area contributed by atoms with Crippen molar-refractivity contribution < 1.29 is 14.2 Å². The Morgan fingerprint density at radius 1 is 1.21 bits per heavy atom. The maximum absolute atomic E-state index is 8.68. The number of pyridine rings is 1. The second-order valence-electron chi connectivity index (χ2n) is 2.36. The zero-order valence-corrected chi connectivity index (χ0v) is 8.20. The lowest BCUT2D eigenvalue weighted by Gasteiger charge is -2.10. The number of hydrogen-bond acceptors (Lipinski definition) is 5. The number of nitrogens with zero attached hydrogens (tertiary/aromatic N) is 2. The van der Waals surface area contributed by atoms with Crippen LogP contribution in [0, 0.1) is 11.3 Å². The summed E-state index contributed by atoms with van der Waals surface area (Å²) in [4.78, 5) is 3.90. The van der Waals surface area contributed by atoms with Crippen LogP contribution in [-0.2, 0) is 0 Å². The molecular formula is C9H10N2O3. The minimum Gasteiger partial charge on any atom is -0.493 e.